The van der Waals surface area contributed by atoms with E-state index in [2.05, 4.69) is 10.6 Å². The van der Waals surface area contributed by atoms with Gasteiger partial charge in [0.05, 0.1) is 19.0 Å². The number of halogens is 2. The molecule has 0 aromatic heterocycles. The van der Waals surface area contributed by atoms with Crippen molar-refractivity contribution >= 4 is 11.8 Å². The van der Waals surface area contributed by atoms with Crippen molar-refractivity contribution in [2.45, 2.75) is 19.4 Å². The van der Waals surface area contributed by atoms with Crippen molar-refractivity contribution in [2.75, 3.05) is 13.2 Å². The molecule has 138 valence electrons. The summed E-state index contributed by atoms with van der Waals surface area (Å²) < 4.78 is 31.5. The molecule has 0 saturated heterocycles. The van der Waals surface area contributed by atoms with Crippen molar-refractivity contribution in [3.8, 4) is 5.75 Å². The van der Waals surface area contributed by atoms with Crippen LogP contribution in [0.2, 0.25) is 0 Å². The van der Waals surface area contributed by atoms with Crippen molar-refractivity contribution in [1.82, 2.24) is 10.6 Å². The molecule has 2 amide bonds. The molecule has 0 aliphatic rings. The van der Waals surface area contributed by atoms with Gasteiger partial charge in [-0.1, -0.05) is 30.3 Å². The molecule has 0 bridgehead atoms. The molecular weight excluding hydrogens is 342 g/mol. The highest BCUT2D eigenvalue weighted by molar-refractivity contribution is 5.85. The van der Waals surface area contributed by atoms with Gasteiger partial charge in [-0.3, -0.25) is 9.59 Å². The van der Waals surface area contributed by atoms with Crippen molar-refractivity contribution in [3.63, 3.8) is 0 Å². The van der Waals surface area contributed by atoms with Crippen LogP contribution >= 0.6 is 0 Å². The molecule has 0 aliphatic heterocycles. The molecule has 0 fully saturated rings. The Balaban J connectivity index is 1.69. The highest BCUT2D eigenvalue weighted by atomic mass is 19.1. The zero-order chi connectivity index (χ0) is 18.9. The Kier molecular flexibility index (Phi) is 7.08. The fourth-order valence-electron chi connectivity index (χ4n) is 2.20. The number of hydrogen-bond donors (Lipinski definition) is 2. The first-order chi connectivity index (χ1) is 12.4. The fraction of sp³-hybridized carbons (Fsp3) is 0.263. The largest absolute Gasteiger partial charge is 0.488 e. The van der Waals surface area contributed by atoms with Gasteiger partial charge in [0.25, 0.3) is 0 Å². The Morgan fingerprint density at radius 1 is 1.08 bits per heavy atom. The summed E-state index contributed by atoms with van der Waals surface area (Å²) in [5.41, 5.74) is 0.855. The van der Waals surface area contributed by atoms with Gasteiger partial charge in [-0.15, -0.1) is 0 Å². The van der Waals surface area contributed by atoms with Crippen LogP contribution in [0, 0.1) is 11.6 Å². The maximum atomic E-state index is 13.5. The van der Waals surface area contributed by atoms with Gasteiger partial charge in [0, 0.05) is 6.07 Å². The highest BCUT2D eigenvalue weighted by Crippen LogP contribution is 2.17. The molecule has 2 rings (SSSR count). The SMILES string of the molecule is C[C@H](COc1ccc(F)cc1F)NC(=O)CNC(=O)Cc1ccccc1. The van der Waals surface area contributed by atoms with Gasteiger partial charge in [0.1, 0.15) is 12.4 Å². The van der Waals surface area contributed by atoms with Crippen LogP contribution in [0.15, 0.2) is 48.5 Å². The maximum absolute atomic E-state index is 13.5. The average Bonchev–Trinajstić information content (AvgIpc) is 2.60. The zero-order valence-electron chi connectivity index (χ0n) is 14.3. The van der Waals surface area contributed by atoms with Gasteiger partial charge in [-0.2, -0.15) is 0 Å². The molecule has 0 unspecified atom stereocenters. The third kappa shape index (κ3) is 6.51. The molecule has 0 spiro atoms. The monoisotopic (exact) mass is 362 g/mol. The third-order valence-corrected chi connectivity index (χ3v) is 3.44. The van der Waals surface area contributed by atoms with Crippen LogP contribution < -0.4 is 15.4 Å². The third-order valence-electron chi connectivity index (χ3n) is 3.44. The topological polar surface area (TPSA) is 67.4 Å². The molecule has 26 heavy (non-hydrogen) atoms. The van der Waals surface area contributed by atoms with Gasteiger partial charge in [0.15, 0.2) is 11.6 Å². The first kappa shape index (κ1) is 19.4. The predicted octanol–water partition coefficient (Wildman–Crippen LogP) is 2.21. The van der Waals surface area contributed by atoms with Gasteiger partial charge in [-0.05, 0) is 24.6 Å². The van der Waals surface area contributed by atoms with Crippen LogP contribution in [-0.2, 0) is 16.0 Å². The summed E-state index contributed by atoms with van der Waals surface area (Å²) >= 11 is 0. The molecule has 7 heteroatoms. The number of nitrogens with one attached hydrogen (secondary N) is 2. The second-order valence-corrected chi connectivity index (χ2v) is 5.79. The molecule has 0 aliphatic carbocycles. The molecular formula is C19H20F2N2O3. The van der Waals surface area contributed by atoms with E-state index in [0.717, 1.165) is 17.7 Å². The molecule has 0 saturated carbocycles. The molecule has 2 aromatic rings. The lowest BCUT2D eigenvalue weighted by molar-refractivity contribution is -0.126. The molecule has 0 radical (unpaired) electrons. The quantitative estimate of drug-likeness (QED) is 0.757. The Labute approximate surface area is 150 Å². The van der Waals surface area contributed by atoms with Crippen LogP contribution in [0.1, 0.15) is 12.5 Å². The number of carbonyl (C=O) groups is 2. The lowest BCUT2D eigenvalue weighted by Gasteiger charge is -2.15. The standard InChI is InChI=1S/C19H20F2N2O3/c1-13(12-26-17-8-7-15(20)10-16(17)21)23-19(25)11-22-18(24)9-14-5-3-2-4-6-14/h2-8,10,13H,9,11-12H2,1H3,(H,22,24)(H,23,25)/t13-/m1/s1. The summed E-state index contributed by atoms with van der Waals surface area (Å²) in [5, 5.41) is 5.16. The molecule has 0 heterocycles. The number of carbonyl (C=O) groups excluding carboxylic acids is 2. The van der Waals surface area contributed by atoms with Crippen LogP contribution in [0.25, 0.3) is 0 Å². The van der Waals surface area contributed by atoms with Crippen molar-refractivity contribution in [3.05, 3.63) is 65.7 Å². The van der Waals surface area contributed by atoms with Crippen LogP contribution in [0.3, 0.4) is 0 Å². The van der Waals surface area contributed by atoms with Crippen LogP contribution in [0.5, 0.6) is 5.75 Å². The van der Waals surface area contributed by atoms with E-state index in [1.807, 2.05) is 30.3 Å². The van der Waals surface area contributed by atoms with E-state index in [-0.39, 0.29) is 37.1 Å². The van der Waals surface area contributed by atoms with Gasteiger partial charge >= 0.3 is 0 Å². The minimum Gasteiger partial charge on any atom is -0.488 e. The first-order valence-electron chi connectivity index (χ1n) is 8.12. The molecule has 5 nitrogen and oxygen atoms in total. The van der Waals surface area contributed by atoms with E-state index in [9.17, 15) is 18.4 Å². The minimum atomic E-state index is -0.809. The second-order valence-electron chi connectivity index (χ2n) is 5.79. The molecule has 2 aromatic carbocycles. The van der Waals surface area contributed by atoms with E-state index >= 15 is 0 Å². The molecule has 2 N–H and O–H groups in total. The Hall–Kier alpha value is -2.96. The fourth-order valence-corrected chi connectivity index (χ4v) is 2.20. The average molecular weight is 362 g/mol. The Morgan fingerprint density at radius 2 is 1.81 bits per heavy atom. The second kappa shape index (κ2) is 9.50. The summed E-state index contributed by atoms with van der Waals surface area (Å²) in [6, 6.07) is 11.8. The van der Waals surface area contributed by atoms with E-state index < -0.39 is 17.7 Å². The van der Waals surface area contributed by atoms with E-state index in [1.54, 1.807) is 6.92 Å². The lowest BCUT2D eigenvalue weighted by atomic mass is 10.1. The van der Waals surface area contributed by atoms with Crippen LogP contribution in [-0.4, -0.2) is 31.0 Å². The smallest absolute Gasteiger partial charge is 0.239 e. The first-order valence-corrected chi connectivity index (χ1v) is 8.12. The van der Waals surface area contributed by atoms with E-state index in [1.165, 1.54) is 6.07 Å². The van der Waals surface area contributed by atoms with Crippen molar-refractivity contribution in [2.24, 2.45) is 0 Å². The minimum absolute atomic E-state index is 0.00620. The van der Waals surface area contributed by atoms with Crippen molar-refractivity contribution in [1.29, 1.82) is 0 Å². The molecule has 1 atom stereocenters. The Morgan fingerprint density at radius 3 is 2.50 bits per heavy atom. The van der Waals surface area contributed by atoms with E-state index in [4.69, 9.17) is 4.74 Å². The summed E-state index contributed by atoms with van der Waals surface area (Å²) in [7, 11) is 0. The highest BCUT2D eigenvalue weighted by Gasteiger charge is 2.11. The lowest BCUT2D eigenvalue weighted by Crippen LogP contribution is -2.43. The number of amides is 2. The number of hydrogen-bond acceptors (Lipinski definition) is 3. The normalized spacial score (nSPS) is 11.5. The number of ether oxygens (including phenoxy) is 1. The maximum Gasteiger partial charge on any atom is 0.239 e. The number of benzene rings is 2. The number of rotatable bonds is 8. The van der Waals surface area contributed by atoms with E-state index in [0.29, 0.717) is 0 Å². The van der Waals surface area contributed by atoms with Gasteiger partial charge in [0.2, 0.25) is 11.8 Å². The van der Waals surface area contributed by atoms with Gasteiger partial charge < -0.3 is 15.4 Å². The zero-order valence-corrected chi connectivity index (χ0v) is 14.3. The summed E-state index contributed by atoms with van der Waals surface area (Å²) in [4.78, 5) is 23.6. The van der Waals surface area contributed by atoms with Gasteiger partial charge in [-0.25, -0.2) is 8.78 Å². The Bertz CT molecular complexity index is 754. The summed E-state index contributed by atoms with van der Waals surface area (Å²) in [6.45, 7) is 1.51. The predicted molar refractivity (Wildman–Crippen MR) is 92.6 cm³/mol. The van der Waals surface area contributed by atoms with Crippen LogP contribution in [0.4, 0.5) is 8.78 Å². The van der Waals surface area contributed by atoms with Crippen molar-refractivity contribution < 1.29 is 23.1 Å². The summed E-state index contributed by atoms with van der Waals surface area (Å²) in [6.07, 6.45) is 0.191. The summed E-state index contributed by atoms with van der Waals surface area (Å²) in [5.74, 6) is -2.24.